The zero-order valence-corrected chi connectivity index (χ0v) is 5.78. The summed E-state index contributed by atoms with van der Waals surface area (Å²) in [4.78, 5) is 10.7. The Morgan fingerprint density at radius 1 is 1.27 bits per heavy atom. The predicted octanol–water partition coefficient (Wildman–Crippen LogP) is -0.582. The highest BCUT2D eigenvalue weighted by Gasteiger charge is 2.49. The highest BCUT2D eigenvalue weighted by Crippen LogP contribution is 2.31. The minimum atomic E-state index is -0.964. The van der Waals surface area contributed by atoms with E-state index in [4.69, 9.17) is 19.3 Å². The topological polar surface area (TPSA) is 65.0 Å². The number of carbonyl (C=O) groups is 1. The molecule has 0 saturated carbocycles. The minimum absolute atomic E-state index is 0.188. The van der Waals surface area contributed by atoms with E-state index in [-0.39, 0.29) is 19.8 Å². The average molecular weight is 160 g/mol. The Hall–Kier alpha value is -0.650. The summed E-state index contributed by atoms with van der Waals surface area (Å²) < 4.78 is 14.7. The number of hydrogen-bond donors (Lipinski definition) is 1. The van der Waals surface area contributed by atoms with Crippen LogP contribution in [0.3, 0.4) is 0 Å². The molecule has 0 spiro atoms. The molecular weight excluding hydrogens is 152 g/mol. The predicted molar refractivity (Wildman–Crippen MR) is 31.7 cm³/mol. The van der Waals surface area contributed by atoms with Gasteiger partial charge < -0.3 is 19.3 Å². The number of fused-ring (bicyclic) bond motifs is 3. The van der Waals surface area contributed by atoms with Crippen LogP contribution in [0.2, 0.25) is 0 Å². The van der Waals surface area contributed by atoms with Gasteiger partial charge in [0.25, 0.3) is 6.48 Å². The molecule has 0 aromatic heterocycles. The molecule has 0 radical (unpaired) electrons. The Morgan fingerprint density at radius 2 is 1.73 bits per heavy atom. The molecule has 3 aliphatic heterocycles. The first-order valence-electron chi connectivity index (χ1n) is 3.31. The van der Waals surface area contributed by atoms with E-state index in [9.17, 15) is 4.79 Å². The molecule has 0 atom stereocenters. The van der Waals surface area contributed by atoms with Gasteiger partial charge in [-0.2, -0.15) is 0 Å². The third kappa shape index (κ3) is 0.926. The van der Waals surface area contributed by atoms with Crippen LogP contribution in [0.4, 0.5) is 0 Å². The molecule has 3 heterocycles. The number of rotatable bonds is 1. The smallest absolute Gasteiger partial charge is 0.316 e. The van der Waals surface area contributed by atoms with Gasteiger partial charge in [0.05, 0.1) is 19.8 Å². The van der Waals surface area contributed by atoms with Crippen LogP contribution < -0.4 is 0 Å². The molecule has 0 amide bonds. The van der Waals surface area contributed by atoms with Crippen molar-refractivity contribution in [2.24, 2.45) is 5.41 Å². The van der Waals surface area contributed by atoms with Crippen LogP contribution >= 0.6 is 0 Å². The van der Waals surface area contributed by atoms with Crippen molar-refractivity contribution < 1.29 is 24.1 Å². The van der Waals surface area contributed by atoms with E-state index >= 15 is 0 Å². The summed E-state index contributed by atoms with van der Waals surface area (Å²) in [6, 6.07) is 0. The third-order valence-corrected chi connectivity index (χ3v) is 1.94. The molecule has 11 heavy (non-hydrogen) atoms. The second-order valence-corrected chi connectivity index (χ2v) is 2.81. The molecule has 1 N–H and O–H groups in total. The second-order valence-electron chi connectivity index (χ2n) is 2.81. The lowest BCUT2D eigenvalue weighted by molar-refractivity contribution is -0.388. The van der Waals surface area contributed by atoms with Crippen molar-refractivity contribution in [2.75, 3.05) is 19.8 Å². The van der Waals surface area contributed by atoms with E-state index in [0.717, 1.165) is 0 Å². The van der Waals surface area contributed by atoms with Gasteiger partial charge in [0.1, 0.15) is 5.41 Å². The maximum Gasteiger partial charge on any atom is 0.316 e. The van der Waals surface area contributed by atoms with Crippen LogP contribution in [0.25, 0.3) is 0 Å². The minimum Gasteiger partial charge on any atom is -0.481 e. The first kappa shape index (κ1) is 7.02. The molecule has 0 aliphatic carbocycles. The number of ether oxygens (including phenoxy) is 3. The largest absolute Gasteiger partial charge is 0.481 e. The number of hydrogen-bond acceptors (Lipinski definition) is 4. The van der Waals surface area contributed by atoms with Gasteiger partial charge >= 0.3 is 5.97 Å². The van der Waals surface area contributed by atoms with E-state index in [0.29, 0.717) is 0 Å². The summed E-state index contributed by atoms with van der Waals surface area (Å²) in [5.74, 6) is -0.921. The fraction of sp³-hybridized carbons (Fsp3) is 0.833. The van der Waals surface area contributed by atoms with E-state index < -0.39 is 17.9 Å². The van der Waals surface area contributed by atoms with Gasteiger partial charge in [-0.15, -0.1) is 0 Å². The van der Waals surface area contributed by atoms with E-state index in [2.05, 4.69) is 0 Å². The molecule has 62 valence electrons. The molecule has 3 rings (SSSR count). The molecule has 3 fully saturated rings. The highest BCUT2D eigenvalue weighted by atomic mass is 16.9. The zero-order chi connectivity index (χ0) is 7.90. The number of carboxylic acids is 1. The Balaban J connectivity index is 2.18. The van der Waals surface area contributed by atoms with E-state index in [1.165, 1.54) is 0 Å². The van der Waals surface area contributed by atoms with Gasteiger partial charge in [0, 0.05) is 0 Å². The van der Waals surface area contributed by atoms with Gasteiger partial charge in [-0.1, -0.05) is 0 Å². The lowest BCUT2D eigenvalue weighted by Gasteiger charge is -2.42. The van der Waals surface area contributed by atoms with Gasteiger partial charge in [-0.3, -0.25) is 4.79 Å². The maximum atomic E-state index is 10.7. The zero-order valence-electron chi connectivity index (χ0n) is 5.78. The fourth-order valence-electron chi connectivity index (χ4n) is 1.14. The summed E-state index contributed by atoms with van der Waals surface area (Å²) in [6.07, 6.45) is 0. The van der Waals surface area contributed by atoms with Crippen molar-refractivity contribution in [2.45, 2.75) is 6.48 Å². The molecule has 0 aromatic carbocycles. The molecule has 5 nitrogen and oxygen atoms in total. The average Bonchev–Trinajstić information content (AvgIpc) is 2.08. The quantitative estimate of drug-likeness (QED) is 0.555. The van der Waals surface area contributed by atoms with Crippen LogP contribution in [-0.4, -0.2) is 37.4 Å². The third-order valence-electron chi connectivity index (χ3n) is 1.94. The normalized spacial score (nSPS) is 42.4. The van der Waals surface area contributed by atoms with Crippen molar-refractivity contribution in [1.82, 2.24) is 0 Å². The Morgan fingerprint density at radius 3 is 2.00 bits per heavy atom. The number of carboxylic acid groups (broad SMARTS) is 1. The Bertz CT molecular complexity index is 168. The highest BCUT2D eigenvalue weighted by molar-refractivity contribution is 5.75. The summed E-state index contributed by atoms with van der Waals surface area (Å²) in [6.45, 7) is -0.0799. The fourth-order valence-corrected chi connectivity index (χ4v) is 1.14. The summed E-state index contributed by atoms with van der Waals surface area (Å²) >= 11 is 0. The molecule has 3 saturated heterocycles. The second kappa shape index (κ2) is 2.17. The van der Waals surface area contributed by atoms with Gasteiger partial charge in [-0.25, -0.2) is 0 Å². The van der Waals surface area contributed by atoms with Crippen LogP contribution in [-0.2, 0) is 19.0 Å². The van der Waals surface area contributed by atoms with E-state index in [1.54, 1.807) is 0 Å². The first-order valence-corrected chi connectivity index (χ1v) is 3.31. The molecule has 2 bridgehead atoms. The van der Waals surface area contributed by atoms with Crippen molar-refractivity contribution in [3.63, 3.8) is 0 Å². The van der Waals surface area contributed by atoms with Crippen molar-refractivity contribution in [1.29, 1.82) is 0 Å². The van der Waals surface area contributed by atoms with Crippen molar-refractivity contribution in [3.05, 3.63) is 0 Å². The lowest BCUT2D eigenvalue weighted by atomic mass is 9.90. The lowest BCUT2D eigenvalue weighted by Crippen LogP contribution is -2.56. The van der Waals surface area contributed by atoms with Crippen LogP contribution in [0.5, 0.6) is 0 Å². The van der Waals surface area contributed by atoms with Gasteiger partial charge in [-0.05, 0) is 0 Å². The monoisotopic (exact) mass is 160 g/mol. The molecule has 0 aromatic rings. The number of aliphatic carboxylic acids is 1. The van der Waals surface area contributed by atoms with Crippen LogP contribution in [0, 0.1) is 5.41 Å². The summed E-state index contributed by atoms with van der Waals surface area (Å²) in [7, 11) is 0. The standard InChI is InChI=1S/C6H8O5/c7-4(8)6-1-9-5(10-2-6)11-3-6/h5H,1-3H2,(H,7,8). The van der Waals surface area contributed by atoms with Crippen LogP contribution in [0.15, 0.2) is 0 Å². The maximum absolute atomic E-state index is 10.7. The first-order chi connectivity index (χ1) is 5.23. The molecule has 5 heteroatoms. The summed E-state index contributed by atoms with van der Waals surface area (Å²) in [5.41, 5.74) is -0.964. The van der Waals surface area contributed by atoms with Crippen LogP contribution in [0.1, 0.15) is 0 Å². The SMILES string of the molecule is O=C(O)C12COC(OC1)OC2. The Labute approximate surface area is 62.8 Å². The van der Waals surface area contributed by atoms with Crippen molar-refractivity contribution >= 4 is 5.97 Å². The summed E-state index contributed by atoms with van der Waals surface area (Å²) in [5, 5.41) is 8.77. The van der Waals surface area contributed by atoms with E-state index in [1.807, 2.05) is 0 Å². The molecular formula is C6H8O5. The van der Waals surface area contributed by atoms with Gasteiger partial charge in [0.15, 0.2) is 0 Å². The van der Waals surface area contributed by atoms with Crippen molar-refractivity contribution in [3.8, 4) is 0 Å². The molecule has 0 unspecified atom stereocenters. The molecule has 3 aliphatic rings. The van der Waals surface area contributed by atoms with Gasteiger partial charge in [0.2, 0.25) is 0 Å². The Kier molecular flexibility index (Phi) is 1.38.